The second-order valence-electron chi connectivity index (χ2n) is 3.31. The van der Waals surface area contributed by atoms with Crippen LogP contribution in [0.15, 0.2) is 23.4 Å². The second-order valence-corrected chi connectivity index (χ2v) is 5.22. The first-order chi connectivity index (χ1) is 8.45. The summed E-state index contributed by atoms with van der Waals surface area (Å²) in [6.07, 6.45) is 7.32. The van der Waals surface area contributed by atoms with Crippen LogP contribution in [0.25, 0.3) is 0 Å². The fourth-order valence-corrected chi connectivity index (χ4v) is 2.86. The van der Waals surface area contributed by atoms with Gasteiger partial charge in [0, 0.05) is 18.9 Å². The van der Waals surface area contributed by atoms with Crippen LogP contribution in [0, 0.1) is 12.3 Å². The molecule has 7 heteroatoms. The SMILES string of the molecule is C#CCN(CC)S(=O)(=O)c1cnccc1C(=O)O. The van der Waals surface area contributed by atoms with E-state index in [0.29, 0.717) is 0 Å². The maximum atomic E-state index is 12.2. The number of nitrogens with zero attached hydrogens (tertiary/aromatic N) is 2. The predicted octanol–water partition coefficient (Wildman–Crippen LogP) is 0.424. The third-order valence-electron chi connectivity index (χ3n) is 2.25. The molecule has 1 heterocycles. The summed E-state index contributed by atoms with van der Waals surface area (Å²) >= 11 is 0. The standard InChI is InChI=1S/C11H12N2O4S/c1-3-7-13(4-2)18(16,17)10-8-12-6-5-9(10)11(14)15/h1,5-6,8H,4,7H2,2H3,(H,14,15). The van der Waals surface area contributed by atoms with Crippen LogP contribution in [0.2, 0.25) is 0 Å². The van der Waals surface area contributed by atoms with Crippen LogP contribution in [-0.2, 0) is 10.0 Å². The molecule has 1 rings (SSSR count). The summed E-state index contributed by atoms with van der Waals surface area (Å²) in [6.45, 7) is 1.65. The van der Waals surface area contributed by atoms with E-state index in [-0.39, 0.29) is 23.5 Å². The minimum Gasteiger partial charge on any atom is -0.478 e. The number of aromatic nitrogens is 1. The lowest BCUT2D eigenvalue weighted by atomic mass is 10.3. The maximum Gasteiger partial charge on any atom is 0.337 e. The lowest BCUT2D eigenvalue weighted by molar-refractivity contribution is 0.0692. The van der Waals surface area contributed by atoms with Crippen molar-refractivity contribution >= 4 is 16.0 Å². The van der Waals surface area contributed by atoms with Gasteiger partial charge in [0.1, 0.15) is 4.90 Å². The van der Waals surface area contributed by atoms with E-state index < -0.39 is 16.0 Å². The Morgan fingerprint density at radius 1 is 1.61 bits per heavy atom. The quantitative estimate of drug-likeness (QED) is 0.782. The van der Waals surface area contributed by atoms with Gasteiger partial charge in [0.25, 0.3) is 0 Å². The Morgan fingerprint density at radius 2 is 2.28 bits per heavy atom. The number of pyridine rings is 1. The van der Waals surface area contributed by atoms with Crippen LogP contribution >= 0.6 is 0 Å². The maximum absolute atomic E-state index is 12.2. The summed E-state index contributed by atoms with van der Waals surface area (Å²) in [5, 5.41) is 8.96. The number of carbonyl (C=O) groups is 1. The molecule has 96 valence electrons. The van der Waals surface area contributed by atoms with E-state index in [1.807, 2.05) is 0 Å². The molecule has 0 aliphatic heterocycles. The zero-order valence-electron chi connectivity index (χ0n) is 9.70. The molecule has 1 aromatic rings. The molecule has 0 radical (unpaired) electrons. The van der Waals surface area contributed by atoms with Crippen LogP contribution in [-0.4, -0.2) is 41.9 Å². The van der Waals surface area contributed by atoms with Gasteiger partial charge in [0.2, 0.25) is 10.0 Å². The molecule has 0 spiro atoms. The highest BCUT2D eigenvalue weighted by molar-refractivity contribution is 7.89. The van der Waals surface area contributed by atoms with E-state index in [0.717, 1.165) is 16.6 Å². The molecule has 1 aromatic heterocycles. The first-order valence-corrected chi connectivity index (χ1v) is 6.50. The molecule has 1 N–H and O–H groups in total. The Kier molecular flexibility index (Phi) is 4.42. The van der Waals surface area contributed by atoms with E-state index >= 15 is 0 Å². The van der Waals surface area contributed by atoms with Gasteiger partial charge in [-0.2, -0.15) is 4.31 Å². The van der Waals surface area contributed by atoms with Crippen molar-refractivity contribution in [2.75, 3.05) is 13.1 Å². The van der Waals surface area contributed by atoms with Gasteiger partial charge in [-0.3, -0.25) is 4.98 Å². The van der Waals surface area contributed by atoms with E-state index in [1.165, 1.54) is 6.20 Å². The van der Waals surface area contributed by atoms with Gasteiger partial charge >= 0.3 is 5.97 Å². The summed E-state index contributed by atoms with van der Waals surface area (Å²) in [6, 6.07) is 1.14. The van der Waals surface area contributed by atoms with Crippen LogP contribution in [0.3, 0.4) is 0 Å². The lowest BCUT2D eigenvalue weighted by Gasteiger charge is -2.18. The Balaban J connectivity index is 3.37. The van der Waals surface area contributed by atoms with E-state index in [1.54, 1.807) is 6.92 Å². The minimum absolute atomic E-state index is 0.118. The number of hydrogen-bond donors (Lipinski definition) is 1. The Bertz CT molecular complexity index is 589. The van der Waals surface area contributed by atoms with Crippen molar-refractivity contribution in [3.63, 3.8) is 0 Å². The smallest absolute Gasteiger partial charge is 0.337 e. The third-order valence-corrected chi connectivity index (χ3v) is 4.20. The molecule has 6 nitrogen and oxygen atoms in total. The molecule has 0 bridgehead atoms. The molecule has 0 saturated carbocycles. The summed E-state index contributed by atoms with van der Waals surface area (Å²) in [7, 11) is -3.94. The molecule has 0 aliphatic carbocycles. The topological polar surface area (TPSA) is 87.6 Å². The second kappa shape index (κ2) is 5.62. The van der Waals surface area contributed by atoms with Gasteiger partial charge in [0.05, 0.1) is 12.1 Å². The molecule has 0 aromatic carbocycles. The normalized spacial score (nSPS) is 11.2. The van der Waals surface area contributed by atoms with E-state index in [2.05, 4.69) is 10.9 Å². The van der Waals surface area contributed by atoms with Crippen molar-refractivity contribution in [3.8, 4) is 12.3 Å². The van der Waals surface area contributed by atoms with E-state index in [9.17, 15) is 13.2 Å². The molecular formula is C11H12N2O4S. The third kappa shape index (κ3) is 2.67. The van der Waals surface area contributed by atoms with E-state index in [4.69, 9.17) is 11.5 Å². The largest absolute Gasteiger partial charge is 0.478 e. The molecule has 0 amide bonds. The van der Waals surface area contributed by atoms with Crippen LogP contribution in [0.5, 0.6) is 0 Å². The summed E-state index contributed by atoms with van der Waals surface area (Å²) in [5.41, 5.74) is -0.319. The lowest BCUT2D eigenvalue weighted by Crippen LogP contribution is -2.32. The molecule has 0 fully saturated rings. The zero-order valence-corrected chi connectivity index (χ0v) is 10.5. The summed E-state index contributed by atoms with van der Waals surface area (Å²) in [4.78, 5) is 14.3. The van der Waals surface area contributed by atoms with Gasteiger partial charge in [-0.15, -0.1) is 6.42 Å². The van der Waals surface area contributed by atoms with Crippen molar-refractivity contribution in [2.24, 2.45) is 0 Å². The number of rotatable bonds is 5. The van der Waals surface area contributed by atoms with Crippen LogP contribution in [0.4, 0.5) is 0 Å². The number of carboxylic acids is 1. The van der Waals surface area contributed by atoms with Gasteiger partial charge in [-0.05, 0) is 6.07 Å². The predicted molar refractivity (Wildman–Crippen MR) is 64.5 cm³/mol. The highest BCUT2D eigenvalue weighted by Gasteiger charge is 2.27. The van der Waals surface area contributed by atoms with Gasteiger partial charge < -0.3 is 5.11 Å². The first kappa shape index (κ1) is 14.2. The van der Waals surface area contributed by atoms with Crippen molar-refractivity contribution in [3.05, 3.63) is 24.0 Å². The number of hydrogen-bond acceptors (Lipinski definition) is 4. The minimum atomic E-state index is -3.94. The Labute approximate surface area is 105 Å². The van der Waals surface area contributed by atoms with Gasteiger partial charge in [0.15, 0.2) is 0 Å². The van der Waals surface area contributed by atoms with Crippen LogP contribution in [0.1, 0.15) is 17.3 Å². The van der Waals surface area contributed by atoms with Gasteiger partial charge in [-0.25, -0.2) is 13.2 Å². The van der Waals surface area contributed by atoms with Crippen LogP contribution < -0.4 is 0 Å². The van der Waals surface area contributed by atoms with Crippen molar-refractivity contribution in [1.82, 2.24) is 9.29 Å². The number of carboxylic acid groups (broad SMARTS) is 1. The average molecular weight is 268 g/mol. The zero-order chi connectivity index (χ0) is 13.8. The Hall–Kier alpha value is -1.91. The monoisotopic (exact) mass is 268 g/mol. The molecule has 0 atom stereocenters. The fraction of sp³-hybridized carbons (Fsp3) is 0.273. The van der Waals surface area contributed by atoms with Crippen molar-refractivity contribution in [1.29, 1.82) is 0 Å². The number of sulfonamides is 1. The Morgan fingerprint density at radius 3 is 2.78 bits per heavy atom. The van der Waals surface area contributed by atoms with Gasteiger partial charge in [-0.1, -0.05) is 12.8 Å². The average Bonchev–Trinajstić information content (AvgIpc) is 2.35. The molecule has 0 saturated heterocycles. The number of terminal acetylenes is 1. The molecule has 0 unspecified atom stereocenters. The molecular weight excluding hydrogens is 256 g/mol. The fourth-order valence-electron chi connectivity index (χ4n) is 1.37. The number of aromatic carboxylic acids is 1. The molecule has 18 heavy (non-hydrogen) atoms. The summed E-state index contributed by atoms with van der Waals surface area (Å²) in [5.74, 6) is 0.896. The van der Waals surface area contributed by atoms with Crippen molar-refractivity contribution in [2.45, 2.75) is 11.8 Å². The highest BCUT2D eigenvalue weighted by Crippen LogP contribution is 2.18. The molecule has 0 aliphatic rings. The summed E-state index contributed by atoms with van der Waals surface area (Å²) < 4.78 is 25.4. The highest BCUT2D eigenvalue weighted by atomic mass is 32.2. The first-order valence-electron chi connectivity index (χ1n) is 5.06. The van der Waals surface area contributed by atoms with Crippen molar-refractivity contribution < 1.29 is 18.3 Å².